The molecule has 1 fully saturated rings. The number of carbonyl (C=O) groups excluding carboxylic acids is 1. The van der Waals surface area contributed by atoms with Crippen molar-refractivity contribution in [1.29, 1.82) is 0 Å². The Morgan fingerprint density at radius 1 is 1.45 bits per heavy atom. The lowest BCUT2D eigenvalue weighted by molar-refractivity contribution is 0.0699. The number of aromatic amines is 1. The van der Waals surface area contributed by atoms with Gasteiger partial charge in [0, 0.05) is 12.2 Å². The normalized spacial score (nSPS) is 19.5. The van der Waals surface area contributed by atoms with Gasteiger partial charge in [0.05, 0.1) is 33.4 Å². The SMILES string of the molecule is Cc1cc(Cl)c(C(=O)N[C@@H]2CCN(c3nc4cccc(C(=O)O)c4s3)C[C@@H]2F)[nH]1. The number of H-pyrrole nitrogens is 1. The second-order valence-corrected chi connectivity index (χ2v) is 8.35. The largest absolute Gasteiger partial charge is 0.478 e. The zero-order chi connectivity index (χ0) is 20.7. The van der Waals surface area contributed by atoms with Gasteiger partial charge in [-0.1, -0.05) is 29.0 Å². The highest BCUT2D eigenvalue weighted by Gasteiger charge is 2.32. The Morgan fingerprint density at radius 2 is 2.24 bits per heavy atom. The summed E-state index contributed by atoms with van der Waals surface area (Å²) in [6.07, 6.45) is -0.903. The molecule has 1 aromatic carbocycles. The fourth-order valence-corrected chi connectivity index (χ4v) is 4.84. The number of aromatic carboxylic acids is 1. The molecule has 0 radical (unpaired) electrons. The molecule has 3 heterocycles. The summed E-state index contributed by atoms with van der Waals surface area (Å²) in [5.74, 6) is -1.45. The number of aromatic nitrogens is 2. The van der Waals surface area contributed by atoms with Crippen LogP contribution < -0.4 is 10.2 Å². The predicted molar refractivity (Wildman–Crippen MR) is 110 cm³/mol. The Morgan fingerprint density at radius 3 is 2.90 bits per heavy atom. The van der Waals surface area contributed by atoms with Crippen LogP contribution in [0.25, 0.3) is 10.2 Å². The summed E-state index contributed by atoms with van der Waals surface area (Å²) < 4.78 is 15.4. The molecule has 1 amide bonds. The highest BCUT2D eigenvalue weighted by atomic mass is 35.5. The van der Waals surface area contributed by atoms with Crippen molar-refractivity contribution in [2.75, 3.05) is 18.0 Å². The van der Waals surface area contributed by atoms with Crippen LogP contribution in [0.1, 0.15) is 33.0 Å². The van der Waals surface area contributed by atoms with E-state index in [1.807, 2.05) is 0 Å². The van der Waals surface area contributed by atoms with Gasteiger partial charge in [0.15, 0.2) is 5.13 Å². The van der Waals surface area contributed by atoms with Crippen molar-refractivity contribution >= 4 is 50.2 Å². The topological polar surface area (TPSA) is 98.3 Å². The van der Waals surface area contributed by atoms with Crippen LogP contribution in [0.4, 0.5) is 9.52 Å². The molecule has 10 heteroatoms. The first-order valence-corrected chi connectivity index (χ1v) is 10.2. The van der Waals surface area contributed by atoms with Gasteiger partial charge in [-0.3, -0.25) is 4.79 Å². The van der Waals surface area contributed by atoms with Crippen LogP contribution in [0.15, 0.2) is 24.3 Å². The molecule has 7 nitrogen and oxygen atoms in total. The number of carbonyl (C=O) groups is 2. The first kappa shape index (κ1) is 19.7. The van der Waals surface area contributed by atoms with E-state index in [9.17, 15) is 19.1 Å². The maximum absolute atomic E-state index is 14.8. The molecule has 0 aliphatic carbocycles. The maximum Gasteiger partial charge on any atom is 0.337 e. The fraction of sp³-hybridized carbons (Fsp3) is 0.316. The second-order valence-electron chi connectivity index (χ2n) is 6.96. The molecular formula is C19H18ClFN4O3S. The quantitative estimate of drug-likeness (QED) is 0.580. The maximum atomic E-state index is 14.8. The van der Waals surface area contributed by atoms with E-state index in [-0.39, 0.29) is 17.8 Å². The Balaban J connectivity index is 1.47. The molecule has 1 saturated heterocycles. The molecule has 1 aliphatic heterocycles. The molecule has 29 heavy (non-hydrogen) atoms. The number of alkyl halides is 1. The Bertz CT molecular complexity index is 1100. The van der Waals surface area contributed by atoms with Crippen LogP contribution in [0.3, 0.4) is 0 Å². The number of carboxylic acids is 1. The number of benzene rings is 1. The van der Waals surface area contributed by atoms with E-state index < -0.39 is 24.1 Å². The monoisotopic (exact) mass is 436 g/mol. The molecule has 0 spiro atoms. The lowest BCUT2D eigenvalue weighted by atomic mass is 10.0. The van der Waals surface area contributed by atoms with E-state index in [0.29, 0.717) is 33.3 Å². The van der Waals surface area contributed by atoms with Crippen LogP contribution in [-0.2, 0) is 0 Å². The van der Waals surface area contributed by atoms with Gasteiger partial charge in [-0.05, 0) is 31.5 Å². The summed E-state index contributed by atoms with van der Waals surface area (Å²) in [6, 6.07) is 5.92. The van der Waals surface area contributed by atoms with Crippen molar-refractivity contribution < 1.29 is 19.1 Å². The van der Waals surface area contributed by atoms with Crippen LogP contribution >= 0.6 is 22.9 Å². The predicted octanol–water partition coefficient (Wildman–Crippen LogP) is 3.63. The average molecular weight is 437 g/mol. The smallest absolute Gasteiger partial charge is 0.337 e. The minimum Gasteiger partial charge on any atom is -0.478 e. The molecule has 0 bridgehead atoms. The molecule has 3 aromatic rings. The third-order valence-electron chi connectivity index (χ3n) is 4.89. The lowest BCUT2D eigenvalue weighted by Gasteiger charge is -2.34. The minimum absolute atomic E-state index is 0.0602. The zero-order valence-corrected chi connectivity index (χ0v) is 17.0. The number of nitrogens with zero attached hydrogens (tertiary/aromatic N) is 2. The highest BCUT2D eigenvalue weighted by molar-refractivity contribution is 7.22. The number of anilines is 1. The molecule has 3 N–H and O–H groups in total. The van der Waals surface area contributed by atoms with Gasteiger partial charge < -0.3 is 20.3 Å². The summed E-state index contributed by atoms with van der Waals surface area (Å²) in [7, 11) is 0. The van der Waals surface area contributed by atoms with Gasteiger partial charge in [0.1, 0.15) is 11.9 Å². The lowest BCUT2D eigenvalue weighted by Crippen LogP contribution is -2.52. The summed E-state index contributed by atoms with van der Waals surface area (Å²) in [4.78, 5) is 32.9. The van der Waals surface area contributed by atoms with Gasteiger partial charge in [0.2, 0.25) is 0 Å². The molecule has 0 saturated carbocycles. The first-order chi connectivity index (χ1) is 13.8. The first-order valence-electron chi connectivity index (χ1n) is 9.01. The van der Waals surface area contributed by atoms with E-state index in [0.717, 1.165) is 5.69 Å². The second kappa shape index (κ2) is 7.64. The van der Waals surface area contributed by atoms with Crippen molar-refractivity contribution in [3.63, 3.8) is 0 Å². The molecular weight excluding hydrogens is 419 g/mol. The minimum atomic E-state index is -1.30. The summed E-state index contributed by atoms with van der Waals surface area (Å²) in [5.41, 5.74) is 1.74. The highest BCUT2D eigenvalue weighted by Crippen LogP contribution is 2.33. The number of halogens is 2. The van der Waals surface area contributed by atoms with E-state index in [1.165, 1.54) is 17.4 Å². The van der Waals surface area contributed by atoms with Gasteiger partial charge in [-0.15, -0.1) is 0 Å². The molecule has 1 aliphatic rings. The standard InChI is InChI=1S/C19H18ClFN4O3S/c1-9-7-11(20)15(22-9)17(26)23-13-5-6-25(8-12(13)21)19-24-14-4-2-3-10(18(27)28)16(14)29-19/h2-4,7,12-13,22H,5-6,8H2,1H3,(H,23,26)(H,27,28)/t12-,13+/m0/s1. The van der Waals surface area contributed by atoms with Crippen molar-refractivity contribution in [2.24, 2.45) is 0 Å². The third kappa shape index (κ3) is 3.79. The average Bonchev–Trinajstić information content (AvgIpc) is 3.25. The van der Waals surface area contributed by atoms with Crippen molar-refractivity contribution in [3.8, 4) is 0 Å². The Labute approximate surface area is 174 Å². The Hall–Kier alpha value is -2.65. The van der Waals surface area contributed by atoms with Gasteiger partial charge in [-0.2, -0.15) is 0 Å². The number of hydrogen-bond acceptors (Lipinski definition) is 5. The van der Waals surface area contributed by atoms with Crippen LogP contribution in [0.2, 0.25) is 5.02 Å². The van der Waals surface area contributed by atoms with E-state index >= 15 is 0 Å². The number of fused-ring (bicyclic) bond motifs is 1. The number of rotatable bonds is 4. The molecule has 2 atom stereocenters. The number of nitrogens with one attached hydrogen (secondary N) is 2. The number of amides is 1. The number of carboxylic acid groups (broad SMARTS) is 1. The summed E-state index contributed by atoms with van der Waals surface area (Å²) in [5, 5.41) is 12.9. The number of piperidine rings is 1. The number of aryl methyl sites for hydroxylation is 1. The van der Waals surface area contributed by atoms with Crippen LogP contribution in [-0.4, -0.2) is 52.3 Å². The van der Waals surface area contributed by atoms with Gasteiger partial charge in [0.25, 0.3) is 5.91 Å². The van der Waals surface area contributed by atoms with Crippen LogP contribution in [0, 0.1) is 6.92 Å². The fourth-order valence-electron chi connectivity index (χ4n) is 3.44. The summed E-state index contributed by atoms with van der Waals surface area (Å²) in [6.45, 7) is 2.34. The third-order valence-corrected chi connectivity index (χ3v) is 6.36. The van der Waals surface area contributed by atoms with Gasteiger partial charge >= 0.3 is 5.97 Å². The van der Waals surface area contributed by atoms with Crippen molar-refractivity contribution in [2.45, 2.75) is 25.6 Å². The Kier molecular flexibility index (Phi) is 5.18. The van der Waals surface area contributed by atoms with Gasteiger partial charge in [-0.25, -0.2) is 14.2 Å². The zero-order valence-electron chi connectivity index (χ0n) is 15.4. The number of thiazole rings is 1. The molecule has 0 unspecified atom stereocenters. The molecule has 152 valence electrons. The van der Waals surface area contributed by atoms with E-state index in [1.54, 1.807) is 30.0 Å². The molecule has 4 rings (SSSR count). The van der Waals surface area contributed by atoms with E-state index in [2.05, 4.69) is 15.3 Å². The molecule has 2 aromatic heterocycles. The van der Waals surface area contributed by atoms with Crippen molar-refractivity contribution in [3.05, 3.63) is 46.2 Å². The summed E-state index contributed by atoms with van der Waals surface area (Å²) >= 11 is 7.26. The van der Waals surface area contributed by atoms with Crippen LogP contribution in [0.5, 0.6) is 0 Å². The van der Waals surface area contributed by atoms with Crippen molar-refractivity contribution in [1.82, 2.24) is 15.3 Å². The number of hydrogen-bond donors (Lipinski definition) is 3. The van der Waals surface area contributed by atoms with E-state index in [4.69, 9.17) is 11.6 Å².